The molecule has 0 aliphatic heterocycles. The molecular formula is C14H23NO2. The normalized spacial score (nSPS) is 15.4. The molecule has 0 unspecified atom stereocenters. The average molecular weight is 237 g/mol. The van der Waals surface area contributed by atoms with Crippen LogP contribution in [0.4, 0.5) is 0 Å². The SMILES string of the molecule is CCCNCc1ccc(COCCC2CC2)o1. The lowest BCUT2D eigenvalue weighted by atomic mass is 10.3. The summed E-state index contributed by atoms with van der Waals surface area (Å²) in [5.74, 6) is 2.88. The fourth-order valence-corrected chi connectivity index (χ4v) is 1.81. The second kappa shape index (κ2) is 6.82. The van der Waals surface area contributed by atoms with Gasteiger partial charge in [0.1, 0.15) is 18.1 Å². The van der Waals surface area contributed by atoms with Gasteiger partial charge in [-0.15, -0.1) is 0 Å². The van der Waals surface area contributed by atoms with Gasteiger partial charge in [-0.25, -0.2) is 0 Å². The van der Waals surface area contributed by atoms with Crippen molar-refractivity contribution in [2.75, 3.05) is 13.2 Å². The van der Waals surface area contributed by atoms with Gasteiger partial charge in [0.25, 0.3) is 0 Å². The first-order valence-corrected chi connectivity index (χ1v) is 6.74. The Morgan fingerprint density at radius 3 is 2.94 bits per heavy atom. The van der Waals surface area contributed by atoms with E-state index >= 15 is 0 Å². The molecule has 96 valence electrons. The van der Waals surface area contributed by atoms with Gasteiger partial charge in [-0.2, -0.15) is 0 Å². The topological polar surface area (TPSA) is 34.4 Å². The Bertz CT molecular complexity index is 318. The molecule has 0 spiro atoms. The molecule has 0 atom stereocenters. The standard InChI is InChI=1S/C14H23NO2/c1-2-8-15-10-13-5-6-14(17-13)11-16-9-7-12-3-4-12/h5-6,12,15H,2-4,7-11H2,1H3. The summed E-state index contributed by atoms with van der Waals surface area (Å²) in [6.07, 6.45) is 5.16. The molecule has 0 amide bonds. The number of hydrogen-bond donors (Lipinski definition) is 1. The van der Waals surface area contributed by atoms with Crippen molar-refractivity contribution in [3.8, 4) is 0 Å². The minimum absolute atomic E-state index is 0.612. The van der Waals surface area contributed by atoms with Gasteiger partial charge in [-0.1, -0.05) is 19.8 Å². The summed E-state index contributed by atoms with van der Waals surface area (Å²) < 4.78 is 11.3. The third-order valence-corrected chi connectivity index (χ3v) is 3.05. The van der Waals surface area contributed by atoms with Crippen LogP contribution in [0.3, 0.4) is 0 Å². The third kappa shape index (κ3) is 4.92. The van der Waals surface area contributed by atoms with Crippen molar-refractivity contribution >= 4 is 0 Å². The Kier molecular flexibility index (Phi) is 5.08. The summed E-state index contributed by atoms with van der Waals surface area (Å²) in [5, 5.41) is 3.32. The monoisotopic (exact) mass is 237 g/mol. The lowest BCUT2D eigenvalue weighted by Crippen LogP contribution is -2.13. The molecule has 1 saturated carbocycles. The molecule has 17 heavy (non-hydrogen) atoms. The highest BCUT2D eigenvalue weighted by Crippen LogP contribution is 2.32. The second-order valence-corrected chi connectivity index (χ2v) is 4.83. The van der Waals surface area contributed by atoms with E-state index in [0.717, 1.165) is 43.6 Å². The summed E-state index contributed by atoms with van der Waals surface area (Å²) in [5.41, 5.74) is 0. The minimum atomic E-state index is 0.612. The molecule has 1 fully saturated rings. The fraction of sp³-hybridized carbons (Fsp3) is 0.714. The molecule has 2 rings (SSSR count). The largest absolute Gasteiger partial charge is 0.462 e. The highest BCUT2D eigenvalue weighted by atomic mass is 16.5. The molecule has 0 saturated heterocycles. The zero-order valence-electron chi connectivity index (χ0n) is 10.7. The molecule has 1 aromatic rings. The third-order valence-electron chi connectivity index (χ3n) is 3.05. The van der Waals surface area contributed by atoms with Crippen molar-refractivity contribution in [1.82, 2.24) is 5.32 Å². The lowest BCUT2D eigenvalue weighted by molar-refractivity contribution is 0.0999. The van der Waals surface area contributed by atoms with Crippen LogP contribution in [-0.2, 0) is 17.9 Å². The molecule has 1 aliphatic rings. The van der Waals surface area contributed by atoms with Gasteiger partial charge in [0.05, 0.1) is 6.54 Å². The first-order chi connectivity index (χ1) is 8.38. The summed E-state index contributed by atoms with van der Waals surface area (Å²) in [7, 11) is 0. The zero-order chi connectivity index (χ0) is 11.9. The predicted molar refractivity (Wildman–Crippen MR) is 67.7 cm³/mol. The van der Waals surface area contributed by atoms with Gasteiger partial charge >= 0.3 is 0 Å². The van der Waals surface area contributed by atoms with Crippen LogP contribution in [0, 0.1) is 5.92 Å². The van der Waals surface area contributed by atoms with Gasteiger partial charge in [0.15, 0.2) is 0 Å². The molecule has 1 heterocycles. The molecule has 0 bridgehead atoms. The van der Waals surface area contributed by atoms with Crippen LogP contribution in [0.5, 0.6) is 0 Å². The van der Waals surface area contributed by atoms with Crippen LogP contribution in [0.15, 0.2) is 16.5 Å². The van der Waals surface area contributed by atoms with E-state index in [0.29, 0.717) is 6.61 Å². The molecule has 1 N–H and O–H groups in total. The maximum Gasteiger partial charge on any atom is 0.129 e. The van der Waals surface area contributed by atoms with Gasteiger partial charge in [-0.05, 0) is 37.4 Å². The maximum atomic E-state index is 5.67. The number of rotatable bonds is 9. The Morgan fingerprint density at radius 2 is 2.18 bits per heavy atom. The molecule has 1 aliphatic carbocycles. The summed E-state index contributed by atoms with van der Waals surface area (Å²) in [6, 6.07) is 4.04. The van der Waals surface area contributed by atoms with E-state index in [1.54, 1.807) is 0 Å². The Morgan fingerprint density at radius 1 is 1.35 bits per heavy atom. The minimum Gasteiger partial charge on any atom is -0.462 e. The Hall–Kier alpha value is -0.800. The van der Waals surface area contributed by atoms with Crippen LogP contribution in [-0.4, -0.2) is 13.2 Å². The van der Waals surface area contributed by atoms with Crippen molar-refractivity contribution in [3.63, 3.8) is 0 Å². The van der Waals surface area contributed by atoms with Gasteiger partial charge in [-0.3, -0.25) is 0 Å². The highest BCUT2D eigenvalue weighted by Gasteiger charge is 2.20. The van der Waals surface area contributed by atoms with Crippen LogP contribution in [0.1, 0.15) is 44.1 Å². The van der Waals surface area contributed by atoms with Crippen LogP contribution < -0.4 is 5.32 Å². The van der Waals surface area contributed by atoms with Crippen LogP contribution in [0.2, 0.25) is 0 Å². The number of ether oxygens (including phenoxy) is 1. The van der Waals surface area contributed by atoms with E-state index < -0.39 is 0 Å². The Balaban J connectivity index is 1.59. The first kappa shape index (κ1) is 12.7. The molecule has 1 aromatic heterocycles. The van der Waals surface area contributed by atoms with Crippen molar-refractivity contribution in [2.24, 2.45) is 5.92 Å². The second-order valence-electron chi connectivity index (χ2n) is 4.83. The molecule has 0 aromatic carbocycles. The molecule has 3 nitrogen and oxygen atoms in total. The van der Waals surface area contributed by atoms with Crippen molar-refractivity contribution in [1.29, 1.82) is 0 Å². The molecular weight excluding hydrogens is 214 g/mol. The van der Waals surface area contributed by atoms with E-state index in [1.807, 2.05) is 12.1 Å². The van der Waals surface area contributed by atoms with E-state index in [4.69, 9.17) is 9.15 Å². The van der Waals surface area contributed by atoms with E-state index in [2.05, 4.69) is 12.2 Å². The van der Waals surface area contributed by atoms with Crippen molar-refractivity contribution in [3.05, 3.63) is 23.7 Å². The predicted octanol–water partition coefficient (Wildman–Crippen LogP) is 3.10. The molecule has 0 radical (unpaired) electrons. The fourth-order valence-electron chi connectivity index (χ4n) is 1.81. The zero-order valence-corrected chi connectivity index (χ0v) is 10.7. The van der Waals surface area contributed by atoms with E-state index in [1.165, 1.54) is 19.3 Å². The Labute approximate surface area is 104 Å². The summed E-state index contributed by atoms with van der Waals surface area (Å²) >= 11 is 0. The van der Waals surface area contributed by atoms with Gasteiger partial charge < -0.3 is 14.5 Å². The molecule has 3 heteroatoms. The number of furan rings is 1. The average Bonchev–Trinajstić information content (AvgIpc) is 3.05. The highest BCUT2D eigenvalue weighted by molar-refractivity contribution is 5.06. The number of nitrogens with one attached hydrogen (secondary N) is 1. The van der Waals surface area contributed by atoms with Gasteiger partial charge in [0.2, 0.25) is 0 Å². The quantitative estimate of drug-likeness (QED) is 0.670. The first-order valence-electron chi connectivity index (χ1n) is 6.74. The smallest absolute Gasteiger partial charge is 0.129 e. The summed E-state index contributed by atoms with van der Waals surface area (Å²) in [6.45, 7) is 5.49. The summed E-state index contributed by atoms with van der Waals surface area (Å²) in [4.78, 5) is 0. The van der Waals surface area contributed by atoms with E-state index in [-0.39, 0.29) is 0 Å². The lowest BCUT2D eigenvalue weighted by Gasteiger charge is -2.01. The van der Waals surface area contributed by atoms with Crippen LogP contribution >= 0.6 is 0 Å². The number of hydrogen-bond acceptors (Lipinski definition) is 3. The van der Waals surface area contributed by atoms with Crippen molar-refractivity contribution in [2.45, 2.75) is 45.8 Å². The van der Waals surface area contributed by atoms with Crippen LogP contribution in [0.25, 0.3) is 0 Å². The maximum absolute atomic E-state index is 5.67. The van der Waals surface area contributed by atoms with Crippen molar-refractivity contribution < 1.29 is 9.15 Å². The van der Waals surface area contributed by atoms with Gasteiger partial charge in [0, 0.05) is 6.61 Å². The van der Waals surface area contributed by atoms with E-state index in [9.17, 15) is 0 Å².